The molecule has 0 saturated heterocycles. The van der Waals surface area contributed by atoms with Crippen LogP contribution in [0.15, 0.2) is 0 Å². The molecule has 0 aromatic heterocycles. The summed E-state index contributed by atoms with van der Waals surface area (Å²) in [5, 5.41) is 0. The molecule has 74 valence electrons. The number of rotatable bonds is 0. The van der Waals surface area contributed by atoms with Gasteiger partial charge in [0.05, 0.1) is 0 Å². The van der Waals surface area contributed by atoms with E-state index in [0.29, 0.717) is 0 Å². The first kappa shape index (κ1) is 64.9. The predicted octanol–water partition coefficient (Wildman–Crippen LogP) is -22.3. The van der Waals surface area contributed by atoms with Crippen LogP contribution < -0.4 is 206 Å². The van der Waals surface area contributed by atoms with Crippen molar-refractivity contribution < 1.29 is 211 Å². The van der Waals surface area contributed by atoms with Crippen LogP contribution in [0, 0.1) is 0 Å². The fourth-order valence-corrected chi connectivity index (χ4v) is 0. The van der Waals surface area contributed by atoms with E-state index in [0.717, 1.165) is 0 Å². The van der Waals surface area contributed by atoms with Crippen LogP contribution in [0.1, 0.15) is 0 Å². The Morgan fingerprint density at radius 2 is 0.529 bits per heavy atom. The topological polar surface area (TPSA) is 155 Å². The summed E-state index contributed by atoms with van der Waals surface area (Å²) in [5.74, 6) is 0. The van der Waals surface area contributed by atoms with Gasteiger partial charge in [0.25, 0.3) is 0 Å². The molecule has 0 saturated carbocycles. The van der Waals surface area contributed by atoms with Crippen molar-refractivity contribution in [3.63, 3.8) is 0 Å². The van der Waals surface area contributed by atoms with Crippen molar-refractivity contribution in [3.8, 4) is 0 Å². The first-order valence-electron chi connectivity index (χ1n) is 1.19. The molecule has 7 nitrogen and oxygen atoms in total. The molecule has 0 spiro atoms. The van der Waals surface area contributed by atoms with Crippen molar-refractivity contribution in [2.24, 2.45) is 0 Å². The molecule has 0 aliphatic heterocycles. The van der Waals surface area contributed by atoms with E-state index >= 15 is 0 Å². The summed E-state index contributed by atoms with van der Waals surface area (Å²) in [7, 11) is -5.39. The van der Waals surface area contributed by atoms with Crippen molar-refractivity contribution in [2.75, 3.05) is 0 Å². The first-order valence-corrected chi connectivity index (χ1v) is 3.58. The van der Waals surface area contributed by atoms with Gasteiger partial charge in [0, 0.05) is 0 Å². The van der Waals surface area contributed by atoms with E-state index in [1.54, 1.807) is 0 Å². The van der Waals surface area contributed by atoms with Crippen LogP contribution in [0.4, 0.5) is 0 Å². The third-order valence-corrected chi connectivity index (χ3v) is 0. The Morgan fingerprint density at radius 1 is 0.529 bits per heavy atom. The fraction of sp³-hybridized carbons (Fsp3) is 0. The minimum atomic E-state index is -5.39. The second-order valence-corrected chi connectivity index (χ2v) is 1.34. The van der Waals surface area contributed by atoms with Crippen molar-refractivity contribution in [3.05, 3.63) is 0 Å². The van der Waals surface area contributed by atoms with E-state index in [9.17, 15) is 0 Å². The molecule has 0 radical (unpaired) electrons. The quantitative estimate of drug-likeness (QED) is 0.295. The van der Waals surface area contributed by atoms with Crippen LogP contribution in [0.5, 0.6) is 0 Å². The summed E-state index contributed by atoms with van der Waals surface area (Å²) in [6.07, 6.45) is 0. The summed E-state index contributed by atoms with van der Waals surface area (Å²) in [5.41, 5.74) is 0. The minimum absolute atomic E-state index is 0. The van der Waals surface area contributed by atoms with E-state index in [1.807, 2.05) is 0 Å². The molecule has 0 atom stereocenters. The average molecular weight is 387 g/mol. The zero-order valence-corrected chi connectivity index (χ0v) is 25.6. The molecule has 0 aliphatic rings. The van der Waals surface area contributed by atoms with Gasteiger partial charge in [-0.1, -0.05) is 0 Å². The smallest absolute Gasteiger partial charge is 0.822 e. The zero-order chi connectivity index (χ0) is 10.5. The Labute approximate surface area is 248 Å². The Balaban J connectivity index is -0.00000000467. The normalized spacial score (nSPS) is 4.53. The molecule has 17 heavy (non-hydrogen) atoms. The van der Waals surface area contributed by atoms with E-state index in [4.69, 9.17) is 33.2 Å². The van der Waals surface area contributed by atoms with Gasteiger partial charge in [-0.25, -0.2) is 35.6 Å². The minimum Gasteiger partial charge on any atom is -0.822 e. The summed E-state index contributed by atoms with van der Waals surface area (Å²) >= 11 is 10.2. The molecular weight excluding hydrogens is 387 g/mol. The third kappa shape index (κ3) is 211. The van der Waals surface area contributed by atoms with Crippen LogP contribution in [-0.2, 0) is 4.57 Å². The van der Waals surface area contributed by atoms with Crippen LogP contribution in [-0.4, -0.2) is 0 Å². The first-order chi connectivity index (χ1) is 5.00. The standard InChI is InChI=1S/3ClO.6Na.H3O4P/c3*1-2;;;;;;;1-5(2,3)4/h;;;;;;;;;(H3,1,2,3,4)/q3*-1;6*+1;/p-3. The maximum atomic E-state index is 8.55. The molecule has 0 unspecified atom stereocenters. The monoisotopic (exact) mass is 386 g/mol. The van der Waals surface area contributed by atoms with E-state index in [-0.39, 0.29) is 177 Å². The number of hydrogen-bond donors (Lipinski definition) is 0. The van der Waals surface area contributed by atoms with Gasteiger partial charge in [-0.05, 0) is 0 Å². The third-order valence-electron chi connectivity index (χ3n) is 0. The van der Waals surface area contributed by atoms with Crippen LogP contribution >= 0.6 is 43.4 Å². The summed E-state index contributed by atoms with van der Waals surface area (Å²) in [6, 6.07) is 0. The molecule has 0 aromatic rings. The van der Waals surface area contributed by atoms with Crippen molar-refractivity contribution in [1.29, 1.82) is 0 Å². The molecule has 0 bridgehead atoms. The maximum absolute atomic E-state index is 8.55. The Morgan fingerprint density at radius 3 is 0.529 bits per heavy atom. The number of hydrogen-bond acceptors (Lipinski definition) is 7. The molecule has 0 N–H and O–H groups in total. The van der Waals surface area contributed by atoms with Gasteiger partial charge in [0.2, 0.25) is 0 Å². The molecule has 0 amide bonds. The van der Waals surface area contributed by atoms with Crippen LogP contribution in [0.3, 0.4) is 0 Å². The van der Waals surface area contributed by atoms with Gasteiger partial charge in [0.1, 0.15) is 0 Å². The van der Waals surface area contributed by atoms with Gasteiger partial charge >= 0.3 is 177 Å². The molecule has 17 heteroatoms. The Hall–Kier alpha value is 6.86. The fourth-order valence-electron chi connectivity index (χ4n) is 0. The molecule has 0 rings (SSSR count). The van der Waals surface area contributed by atoms with Gasteiger partial charge in [-0.3, -0.25) is 0 Å². The second-order valence-electron chi connectivity index (χ2n) is 0.447. The van der Waals surface area contributed by atoms with Crippen molar-refractivity contribution >= 4 is 43.4 Å². The van der Waals surface area contributed by atoms with Crippen LogP contribution in [0.2, 0.25) is 0 Å². The molecule has 0 aromatic carbocycles. The predicted molar refractivity (Wildman–Crippen MR) is 25.2 cm³/mol. The Kier molecular flexibility index (Phi) is 252. The van der Waals surface area contributed by atoms with Gasteiger partial charge in [-0.2, -0.15) is 7.82 Å². The van der Waals surface area contributed by atoms with Gasteiger partial charge in [-0.15, -0.1) is 0 Å². The van der Waals surface area contributed by atoms with E-state index in [1.165, 1.54) is 0 Å². The summed E-state index contributed by atoms with van der Waals surface area (Å²) in [4.78, 5) is 25.6. The SMILES string of the molecule is O=P([O-])([O-])[O-].[Na+].[Na+].[Na+].[Na+].[Na+].[Na+].[O-]Cl.[O-]Cl.[O-]Cl. The van der Waals surface area contributed by atoms with E-state index < -0.39 is 7.82 Å². The largest absolute Gasteiger partial charge is 1.00 e. The Bertz CT molecular complexity index is 75.7. The van der Waals surface area contributed by atoms with Crippen molar-refractivity contribution in [1.82, 2.24) is 0 Å². The molecule has 0 fully saturated rings. The number of phosphoric acid groups is 1. The maximum Gasteiger partial charge on any atom is 1.00 e. The van der Waals surface area contributed by atoms with Crippen molar-refractivity contribution in [2.45, 2.75) is 0 Å². The van der Waals surface area contributed by atoms with Gasteiger partial charge in [0.15, 0.2) is 0 Å². The summed E-state index contributed by atoms with van der Waals surface area (Å²) in [6.45, 7) is 0. The van der Waals surface area contributed by atoms with Gasteiger partial charge < -0.3 is 33.2 Å². The molecule has 0 heterocycles. The van der Waals surface area contributed by atoms with Crippen LogP contribution in [0.25, 0.3) is 0 Å². The second kappa shape index (κ2) is 66.1. The zero-order valence-electron chi connectivity index (χ0n) is 10.4. The van der Waals surface area contributed by atoms with E-state index in [2.05, 4.69) is 35.6 Å². The molecular formula is Cl3Na6O7P. The number of halogens is 3. The average Bonchev–Trinajstić information content (AvgIpc) is 1.96. The summed E-state index contributed by atoms with van der Waals surface area (Å²) < 4.78 is 31.7. The molecule has 0 aliphatic carbocycles.